The number of carboxylic acid groups (broad SMARTS) is 1. The minimum absolute atomic E-state index is 0.276. The zero-order valence-corrected chi connectivity index (χ0v) is 11.4. The smallest absolute Gasteiger partial charge is 0.311 e. The highest BCUT2D eigenvalue weighted by Crippen LogP contribution is 2.30. The molecule has 1 rings (SSSR count). The van der Waals surface area contributed by atoms with Crippen LogP contribution in [0, 0.1) is 5.41 Å². The Morgan fingerprint density at radius 1 is 1.33 bits per heavy atom. The van der Waals surface area contributed by atoms with Gasteiger partial charge in [-0.2, -0.15) is 0 Å². The van der Waals surface area contributed by atoms with E-state index in [2.05, 4.69) is 10.6 Å². The van der Waals surface area contributed by atoms with Gasteiger partial charge in [0.15, 0.2) is 0 Å². The average Bonchev–Trinajstić information content (AvgIpc) is 2.29. The van der Waals surface area contributed by atoms with Gasteiger partial charge in [-0.3, -0.25) is 9.59 Å². The Morgan fingerprint density at radius 3 is 2.39 bits per heavy atom. The first-order valence-electron chi connectivity index (χ1n) is 6.06. The van der Waals surface area contributed by atoms with Crippen molar-refractivity contribution in [3.8, 4) is 0 Å². The van der Waals surface area contributed by atoms with E-state index in [0.717, 1.165) is 6.54 Å². The quantitative estimate of drug-likeness (QED) is 0.659. The van der Waals surface area contributed by atoms with Crippen molar-refractivity contribution in [2.24, 2.45) is 5.41 Å². The summed E-state index contributed by atoms with van der Waals surface area (Å²) in [5, 5.41) is 15.0. The fourth-order valence-corrected chi connectivity index (χ4v) is 1.55. The minimum Gasteiger partial charge on any atom is -0.481 e. The first-order valence-corrected chi connectivity index (χ1v) is 6.06. The molecule has 104 valence electrons. The van der Waals surface area contributed by atoms with Crippen LogP contribution in [0.15, 0.2) is 0 Å². The molecule has 1 unspecified atom stereocenters. The van der Waals surface area contributed by atoms with E-state index >= 15 is 0 Å². The molecule has 0 aromatic rings. The summed E-state index contributed by atoms with van der Waals surface area (Å²) in [5.41, 5.74) is -1.93. The van der Waals surface area contributed by atoms with E-state index in [4.69, 9.17) is 4.74 Å². The van der Waals surface area contributed by atoms with Crippen LogP contribution in [0.1, 0.15) is 27.7 Å². The molecule has 1 saturated heterocycles. The number of nitrogens with one attached hydrogen (secondary N) is 2. The fourth-order valence-electron chi connectivity index (χ4n) is 1.55. The second-order valence-electron chi connectivity index (χ2n) is 5.61. The van der Waals surface area contributed by atoms with Crippen molar-refractivity contribution in [3.05, 3.63) is 0 Å². The lowest BCUT2D eigenvalue weighted by molar-refractivity contribution is -0.153. The zero-order chi connectivity index (χ0) is 14.0. The van der Waals surface area contributed by atoms with Gasteiger partial charge in [0.25, 0.3) is 5.91 Å². The Labute approximate surface area is 107 Å². The van der Waals surface area contributed by atoms with E-state index in [0.29, 0.717) is 13.2 Å². The van der Waals surface area contributed by atoms with Gasteiger partial charge in [-0.05, 0) is 27.7 Å². The lowest BCUT2D eigenvalue weighted by Gasteiger charge is -2.40. The highest BCUT2D eigenvalue weighted by atomic mass is 16.5. The normalized spacial score (nSPS) is 21.4. The van der Waals surface area contributed by atoms with Crippen LogP contribution in [0.2, 0.25) is 0 Å². The van der Waals surface area contributed by atoms with E-state index in [1.807, 2.05) is 0 Å². The molecule has 6 heteroatoms. The summed E-state index contributed by atoms with van der Waals surface area (Å²) < 4.78 is 5.34. The van der Waals surface area contributed by atoms with Gasteiger partial charge in [0, 0.05) is 13.1 Å². The Bertz CT molecular complexity index is 333. The second kappa shape index (κ2) is 5.24. The van der Waals surface area contributed by atoms with Crippen molar-refractivity contribution < 1.29 is 19.4 Å². The molecule has 0 bridgehead atoms. The summed E-state index contributed by atoms with van der Waals surface area (Å²) in [6, 6.07) is 0. The second-order valence-corrected chi connectivity index (χ2v) is 5.61. The standard InChI is InChI=1S/C12H22N2O4/c1-11(2,10(16)17)12(3,4)14-9(15)8-7-13-5-6-18-8/h8,13H,5-7H2,1-4H3,(H,14,15)(H,16,17). The number of morpholine rings is 1. The first kappa shape index (κ1) is 14.9. The summed E-state index contributed by atoms with van der Waals surface area (Å²) in [6.45, 7) is 8.26. The molecule has 1 aliphatic rings. The largest absolute Gasteiger partial charge is 0.481 e. The molecule has 0 spiro atoms. The summed E-state index contributed by atoms with van der Waals surface area (Å²) in [6.07, 6.45) is -0.553. The fraction of sp³-hybridized carbons (Fsp3) is 0.833. The molecular weight excluding hydrogens is 236 g/mol. The SMILES string of the molecule is CC(C)(NC(=O)C1CNCCO1)C(C)(C)C(=O)O. The lowest BCUT2D eigenvalue weighted by atomic mass is 9.74. The monoisotopic (exact) mass is 258 g/mol. The number of carbonyl (C=O) groups is 2. The third-order valence-corrected chi connectivity index (χ3v) is 3.75. The maximum Gasteiger partial charge on any atom is 0.311 e. The topological polar surface area (TPSA) is 87.7 Å². The zero-order valence-electron chi connectivity index (χ0n) is 11.4. The van der Waals surface area contributed by atoms with Crippen molar-refractivity contribution in [2.75, 3.05) is 19.7 Å². The lowest BCUT2D eigenvalue weighted by Crippen LogP contribution is -2.60. The maximum absolute atomic E-state index is 12.0. The molecule has 18 heavy (non-hydrogen) atoms. The molecule has 0 radical (unpaired) electrons. The van der Waals surface area contributed by atoms with Crippen LogP contribution < -0.4 is 10.6 Å². The van der Waals surface area contributed by atoms with Crippen molar-refractivity contribution in [1.82, 2.24) is 10.6 Å². The molecule has 0 aromatic heterocycles. The molecule has 1 heterocycles. The predicted molar refractivity (Wildman–Crippen MR) is 66.2 cm³/mol. The van der Waals surface area contributed by atoms with Gasteiger partial charge in [-0.25, -0.2) is 0 Å². The molecule has 1 amide bonds. The number of rotatable bonds is 4. The molecule has 1 aliphatic heterocycles. The summed E-state index contributed by atoms with van der Waals surface area (Å²) in [7, 11) is 0. The van der Waals surface area contributed by atoms with E-state index in [1.165, 1.54) is 0 Å². The van der Waals surface area contributed by atoms with E-state index in [9.17, 15) is 14.7 Å². The van der Waals surface area contributed by atoms with Crippen LogP contribution >= 0.6 is 0 Å². The molecule has 0 saturated carbocycles. The third kappa shape index (κ3) is 3.00. The van der Waals surface area contributed by atoms with Crippen molar-refractivity contribution in [1.29, 1.82) is 0 Å². The predicted octanol–water partition coefficient (Wildman–Crippen LogP) is -0.0196. The van der Waals surface area contributed by atoms with Crippen LogP contribution in [0.5, 0.6) is 0 Å². The Balaban J connectivity index is 2.70. The van der Waals surface area contributed by atoms with Crippen molar-refractivity contribution in [3.63, 3.8) is 0 Å². The van der Waals surface area contributed by atoms with E-state index in [-0.39, 0.29) is 5.91 Å². The van der Waals surface area contributed by atoms with E-state index in [1.54, 1.807) is 27.7 Å². The molecule has 1 atom stereocenters. The number of hydrogen-bond donors (Lipinski definition) is 3. The summed E-state index contributed by atoms with van der Waals surface area (Å²) in [5.74, 6) is -1.22. The van der Waals surface area contributed by atoms with Gasteiger partial charge in [0.2, 0.25) is 0 Å². The number of hydrogen-bond acceptors (Lipinski definition) is 4. The molecule has 3 N–H and O–H groups in total. The van der Waals surface area contributed by atoms with Gasteiger partial charge in [0.1, 0.15) is 6.10 Å². The van der Waals surface area contributed by atoms with Gasteiger partial charge in [-0.1, -0.05) is 0 Å². The summed E-state index contributed by atoms with van der Waals surface area (Å²) >= 11 is 0. The van der Waals surface area contributed by atoms with Crippen LogP contribution in [0.3, 0.4) is 0 Å². The first-order chi connectivity index (χ1) is 8.18. The van der Waals surface area contributed by atoms with Gasteiger partial charge in [-0.15, -0.1) is 0 Å². The minimum atomic E-state index is -1.06. The Kier molecular flexibility index (Phi) is 4.34. The highest BCUT2D eigenvalue weighted by molar-refractivity contribution is 5.84. The van der Waals surface area contributed by atoms with Crippen LogP contribution in [-0.4, -0.2) is 48.3 Å². The van der Waals surface area contributed by atoms with Gasteiger partial charge in [0.05, 0.1) is 17.6 Å². The number of amides is 1. The summed E-state index contributed by atoms with van der Waals surface area (Å²) in [4.78, 5) is 23.2. The Morgan fingerprint density at radius 2 is 1.94 bits per heavy atom. The number of aliphatic carboxylic acids is 1. The molecule has 0 aromatic carbocycles. The van der Waals surface area contributed by atoms with Crippen LogP contribution in [0.25, 0.3) is 0 Å². The molecular formula is C12H22N2O4. The Hall–Kier alpha value is -1.14. The van der Waals surface area contributed by atoms with Crippen LogP contribution in [-0.2, 0) is 14.3 Å². The van der Waals surface area contributed by atoms with E-state index < -0.39 is 23.0 Å². The molecule has 0 aliphatic carbocycles. The number of ether oxygens (including phenoxy) is 1. The van der Waals surface area contributed by atoms with Gasteiger partial charge >= 0.3 is 5.97 Å². The number of carboxylic acids is 1. The molecule has 6 nitrogen and oxygen atoms in total. The highest BCUT2D eigenvalue weighted by Gasteiger charge is 2.45. The maximum atomic E-state index is 12.0. The van der Waals surface area contributed by atoms with Crippen LogP contribution in [0.4, 0.5) is 0 Å². The van der Waals surface area contributed by atoms with Crippen molar-refractivity contribution in [2.45, 2.75) is 39.3 Å². The third-order valence-electron chi connectivity index (χ3n) is 3.75. The van der Waals surface area contributed by atoms with Crippen molar-refractivity contribution >= 4 is 11.9 Å². The molecule has 1 fully saturated rings. The average molecular weight is 258 g/mol. The number of carbonyl (C=O) groups excluding carboxylic acids is 1. The van der Waals surface area contributed by atoms with Gasteiger partial charge < -0.3 is 20.5 Å².